The van der Waals surface area contributed by atoms with Crippen LogP contribution < -0.4 is 15.4 Å². The number of rotatable bonds is 6. The smallest absolute Gasteiger partial charge is 0.270 e. The monoisotopic (exact) mass is 452 g/mol. The van der Waals surface area contributed by atoms with E-state index in [9.17, 15) is 4.79 Å². The molecule has 6 nitrogen and oxygen atoms in total. The normalized spacial score (nSPS) is 19.4. The quantitative estimate of drug-likeness (QED) is 0.514. The molecule has 2 aliphatic rings. The zero-order valence-corrected chi connectivity index (χ0v) is 18.8. The summed E-state index contributed by atoms with van der Waals surface area (Å²) in [5.74, 6) is 1.25. The third-order valence-corrected chi connectivity index (χ3v) is 6.64. The van der Waals surface area contributed by atoms with Gasteiger partial charge in [-0.1, -0.05) is 29.8 Å². The number of likely N-dealkylation sites (tertiary alicyclic amines) is 1. The standard InChI is InChI=1S/C25H29ClN4O2/c26-19-12-18-13-23(29-24(18)22(14-19)28-20-6-9-27-10-7-20)25(31)30-11-8-17(15-30)16-32-21-4-2-1-3-5-21/h1-5,12-14,17,20,27-29H,6-11,15-16H2/t17-/m1/s1. The minimum Gasteiger partial charge on any atom is -0.493 e. The zero-order valence-electron chi connectivity index (χ0n) is 18.1. The molecule has 7 heteroatoms. The lowest BCUT2D eigenvalue weighted by molar-refractivity contribution is 0.0778. The SMILES string of the molecule is O=C(c1cc2cc(Cl)cc(NC3CCNCC3)c2[nH]1)N1CC[C@@H](COc2ccccc2)C1. The van der Waals surface area contributed by atoms with E-state index in [0.717, 1.165) is 61.2 Å². The number of carbonyl (C=O) groups is 1. The van der Waals surface area contributed by atoms with Crippen molar-refractivity contribution in [2.75, 3.05) is 38.1 Å². The molecule has 1 amide bonds. The van der Waals surface area contributed by atoms with E-state index in [4.69, 9.17) is 16.3 Å². The number of fused-ring (bicyclic) bond motifs is 1. The highest BCUT2D eigenvalue weighted by Crippen LogP contribution is 2.31. The first kappa shape index (κ1) is 21.2. The second-order valence-electron chi connectivity index (χ2n) is 8.80. The van der Waals surface area contributed by atoms with Crippen LogP contribution in [-0.2, 0) is 0 Å². The number of hydrogen-bond acceptors (Lipinski definition) is 4. The molecule has 1 atom stereocenters. The Kier molecular flexibility index (Phi) is 6.23. The topological polar surface area (TPSA) is 69.4 Å². The van der Waals surface area contributed by atoms with Gasteiger partial charge in [0.1, 0.15) is 11.4 Å². The van der Waals surface area contributed by atoms with Crippen molar-refractivity contribution in [2.45, 2.75) is 25.3 Å². The number of H-pyrrole nitrogens is 1. The Morgan fingerprint density at radius 1 is 1.12 bits per heavy atom. The fourth-order valence-electron chi connectivity index (χ4n) is 4.68. The molecule has 3 heterocycles. The van der Waals surface area contributed by atoms with Crippen LogP contribution in [0.15, 0.2) is 48.5 Å². The molecule has 0 radical (unpaired) electrons. The third kappa shape index (κ3) is 4.71. The van der Waals surface area contributed by atoms with Crippen LogP contribution in [-0.4, -0.2) is 54.6 Å². The van der Waals surface area contributed by atoms with Gasteiger partial charge in [0.2, 0.25) is 0 Å². The Morgan fingerprint density at radius 2 is 1.94 bits per heavy atom. The van der Waals surface area contributed by atoms with Gasteiger partial charge in [-0.05, 0) is 62.7 Å². The maximum absolute atomic E-state index is 13.2. The Balaban J connectivity index is 1.27. The lowest BCUT2D eigenvalue weighted by Crippen LogP contribution is -2.35. The van der Waals surface area contributed by atoms with E-state index >= 15 is 0 Å². The average Bonchev–Trinajstić information content (AvgIpc) is 3.46. The molecular weight excluding hydrogens is 424 g/mol. The summed E-state index contributed by atoms with van der Waals surface area (Å²) in [4.78, 5) is 18.5. The van der Waals surface area contributed by atoms with Crippen molar-refractivity contribution >= 4 is 34.1 Å². The van der Waals surface area contributed by atoms with Crippen LogP contribution in [0.5, 0.6) is 5.75 Å². The fraction of sp³-hybridized carbons (Fsp3) is 0.400. The highest BCUT2D eigenvalue weighted by atomic mass is 35.5. The molecule has 0 unspecified atom stereocenters. The number of anilines is 1. The summed E-state index contributed by atoms with van der Waals surface area (Å²) >= 11 is 6.39. The minimum absolute atomic E-state index is 0.0346. The van der Waals surface area contributed by atoms with Crippen LogP contribution in [0.3, 0.4) is 0 Å². The van der Waals surface area contributed by atoms with Gasteiger partial charge in [-0.3, -0.25) is 4.79 Å². The van der Waals surface area contributed by atoms with Crippen molar-refractivity contribution < 1.29 is 9.53 Å². The summed E-state index contributed by atoms with van der Waals surface area (Å²) in [5.41, 5.74) is 2.52. The van der Waals surface area contributed by atoms with Crippen LogP contribution in [0.4, 0.5) is 5.69 Å². The van der Waals surface area contributed by atoms with Gasteiger partial charge in [0.05, 0.1) is 17.8 Å². The molecule has 168 valence electrons. The molecule has 3 aromatic rings. The van der Waals surface area contributed by atoms with Crippen molar-refractivity contribution in [1.29, 1.82) is 0 Å². The van der Waals surface area contributed by atoms with E-state index in [1.165, 1.54) is 0 Å². The summed E-state index contributed by atoms with van der Waals surface area (Å²) in [7, 11) is 0. The predicted octanol–water partition coefficient (Wildman–Crippen LogP) is 4.53. The number of amides is 1. The molecule has 0 saturated carbocycles. The lowest BCUT2D eigenvalue weighted by atomic mass is 10.1. The van der Waals surface area contributed by atoms with Crippen molar-refractivity contribution in [2.24, 2.45) is 5.92 Å². The first-order chi connectivity index (χ1) is 15.7. The van der Waals surface area contributed by atoms with Gasteiger partial charge in [-0.15, -0.1) is 0 Å². The predicted molar refractivity (Wildman–Crippen MR) is 129 cm³/mol. The van der Waals surface area contributed by atoms with Crippen LogP contribution in [0, 0.1) is 5.92 Å². The Hall–Kier alpha value is -2.70. The number of carbonyl (C=O) groups excluding carboxylic acids is 1. The molecule has 5 rings (SSSR count). The first-order valence-corrected chi connectivity index (χ1v) is 11.8. The Bertz CT molecular complexity index is 1080. The number of aromatic amines is 1. The number of para-hydroxylation sites is 1. The van der Waals surface area contributed by atoms with E-state index in [1.54, 1.807) is 0 Å². The summed E-state index contributed by atoms with van der Waals surface area (Å²) in [6, 6.07) is 16.0. The zero-order chi connectivity index (χ0) is 21.9. The van der Waals surface area contributed by atoms with Gasteiger partial charge < -0.3 is 25.3 Å². The molecule has 2 saturated heterocycles. The van der Waals surface area contributed by atoms with Crippen molar-refractivity contribution in [3.8, 4) is 5.75 Å². The average molecular weight is 453 g/mol. The van der Waals surface area contributed by atoms with E-state index in [2.05, 4.69) is 15.6 Å². The highest BCUT2D eigenvalue weighted by Gasteiger charge is 2.28. The van der Waals surface area contributed by atoms with Crippen LogP contribution >= 0.6 is 11.6 Å². The first-order valence-electron chi connectivity index (χ1n) is 11.4. The van der Waals surface area contributed by atoms with Crippen molar-refractivity contribution in [3.63, 3.8) is 0 Å². The molecule has 2 aromatic carbocycles. The number of piperidine rings is 1. The molecule has 3 N–H and O–H groups in total. The molecule has 2 aliphatic heterocycles. The second kappa shape index (κ2) is 9.43. The van der Waals surface area contributed by atoms with Crippen LogP contribution in [0.1, 0.15) is 29.8 Å². The number of benzene rings is 2. The molecule has 0 bridgehead atoms. The van der Waals surface area contributed by atoms with Crippen LogP contribution in [0.25, 0.3) is 10.9 Å². The summed E-state index contributed by atoms with van der Waals surface area (Å²) in [5, 5.41) is 8.65. The maximum atomic E-state index is 13.2. The second-order valence-corrected chi connectivity index (χ2v) is 9.24. The molecule has 1 aromatic heterocycles. The number of hydrogen-bond donors (Lipinski definition) is 3. The van der Waals surface area contributed by atoms with Gasteiger partial charge in [-0.2, -0.15) is 0 Å². The third-order valence-electron chi connectivity index (χ3n) is 6.42. The Morgan fingerprint density at radius 3 is 2.75 bits per heavy atom. The van der Waals surface area contributed by atoms with Crippen molar-refractivity contribution in [1.82, 2.24) is 15.2 Å². The summed E-state index contributed by atoms with van der Waals surface area (Å²) in [6.45, 7) is 4.11. The molecule has 0 spiro atoms. The van der Waals surface area contributed by atoms with Gasteiger partial charge in [0, 0.05) is 35.5 Å². The number of halogens is 1. The van der Waals surface area contributed by atoms with E-state index in [-0.39, 0.29) is 5.91 Å². The maximum Gasteiger partial charge on any atom is 0.270 e. The Labute approximate surface area is 193 Å². The number of nitrogens with one attached hydrogen (secondary N) is 3. The molecule has 32 heavy (non-hydrogen) atoms. The van der Waals surface area contributed by atoms with Crippen LogP contribution in [0.2, 0.25) is 5.02 Å². The van der Waals surface area contributed by atoms with E-state index in [0.29, 0.717) is 35.8 Å². The van der Waals surface area contributed by atoms with Gasteiger partial charge >= 0.3 is 0 Å². The van der Waals surface area contributed by atoms with Gasteiger partial charge in [0.15, 0.2) is 0 Å². The molecule has 2 fully saturated rings. The highest BCUT2D eigenvalue weighted by molar-refractivity contribution is 6.32. The van der Waals surface area contributed by atoms with Gasteiger partial charge in [0.25, 0.3) is 5.91 Å². The number of ether oxygens (including phenoxy) is 1. The van der Waals surface area contributed by atoms with E-state index < -0.39 is 0 Å². The largest absolute Gasteiger partial charge is 0.493 e. The number of aromatic nitrogens is 1. The fourth-order valence-corrected chi connectivity index (χ4v) is 4.90. The minimum atomic E-state index is 0.0346. The molecular formula is C25H29ClN4O2. The lowest BCUT2D eigenvalue weighted by Gasteiger charge is -2.25. The summed E-state index contributed by atoms with van der Waals surface area (Å²) < 4.78 is 5.90. The number of nitrogens with zero attached hydrogens (tertiary/aromatic N) is 1. The van der Waals surface area contributed by atoms with E-state index in [1.807, 2.05) is 53.4 Å². The molecule has 0 aliphatic carbocycles. The van der Waals surface area contributed by atoms with Crippen molar-refractivity contribution in [3.05, 3.63) is 59.2 Å². The summed E-state index contributed by atoms with van der Waals surface area (Å²) in [6.07, 6.45) is 3.09. The van der Waals surface area contributed by atoms with Gasteiger partial charge in [-0.25, -0.2) is 0 Å².